The van der Waals surface area contributed by atoms with Crippen LogP contribution in [0.15, 0.2) is 47.2 Å². The lowest BCUT2D eigenvalue weighted by Gasteiger charge is -2.25. The third kappa shape index (κ3) is 5.30. The molecule has 1 amide bonds. The molecule has 4 rings (SSSR count). The van der Waals surface area contributed by atoms with Gasteiger partial charge in [-0.05, 0) is 59.7 Å². The van der Waals surface area contributed by atoms with Crippen LogP contribution in [0.3, 0.4) is 0 Å². The molecule has 3 atom stereocenters. The number of halogens is 1. The molecule has 1 aliphatic rings. The average molecular weight is 530 g/mol. The van der Waals surface area contributed by atoms with Gasteiger partial charge in [0, 0.05) is 41.4 Å². The van der Waals surface area contributed by atoms with Crippen molar-refractivity contribution in [3.8, 4) is 0 Å². The summed E-state index contributed by atoms with van der Waals surface area (Å²) in [6.07, 6.45) is 5.16. The topological polar surface area (TPSA) is 112 Å². The molecule has 1 aliphatic carbocycles. The highest BCUT2D eigenvalue weighted by Gasteiger charge is 2.36. The molecule has 1 aromatic carbocycles. The second-order valence-corrected chi connectivity index (χ2v) is 10.3. The van der Waals surface area contributed by atoms with E-state index in [1.807, 2.05) is 18.2 Å². The molecule has 2 heterocycles. The molecule has 172 valence electrons. The first-order valence-electron chi connectivity index (χ1n) is 10.7. The largest absolute Gasteiger partial charge is 0.480 e. The van der Waals surface area contributed by atoms with Crippen molar-refractivity contribution in [2.24, 2.45) is 5.92 Å². The Morgan fingerprint density at radius 1 is 1.33 bits per heavy atom. The van der Waals surface area contributed by atoms with Gasteiger partial charge in [0.2, 0.25) is 5.91 Å². The van der Waals surface area contributed by atoms with Crippen LogP contribution in [0.5, 0.6) is 0 Å². The van der Waals surface area contributed by atoms with Crippen molar-refractivity contribution in [1.29, 1.82) is 0 Å². The number of fused-ring (bicyclic) bond motifs is 2. The van der Waals surface area contributed by atoms with Crippen LogP contribution >= 0.6 is 27.7 Å². The third-order valence-corrected chi connectivity index (χ3v) is 7.52. The Hall–Kier alpha value is -2.65. The number of nitrogens with zero attached hydrogens (tertiary/aromatic N) is 1. The van der Waals surface area contributed by atoms with Gasteiger partial charge in [0.25, 0.3) is 0 Å². The first kappa shape index (κ1) is 23.5. The Morgan fingerprint density at radius 3 is 2.91 bits per heavy atom. The first-order chi connectivity index (χ1) is 15.8. The maximum absolute atomic E-state index is 13.4. The number of carbonyl (C=O) groups is 3. The van der Waals surface area contributed by atoms with Crippen molar-refractivity contribution in [3.05, 3.63) is 63.9 Å². The molecule has 9 heteroatoms. The quantitative estimate of drug-likeness (QED) is 0.405. The van der Waals surface area contributed by atoms with Gasteiger partial charge in [0.05, 0.1) is 5.92 Å². The normalized spacial score (nSPS) is 16.8. The molecule has 3 aromatic rings. The zero-order chi connectivity index (χ0) is 23.5. The van der Waals surface area contributed by atoms with Crippen molar-refractivity contribution in [3.63, 3.8) is 0 Å². The number of amides is 1. The predicted molar refractivity (Wildman–Crippen MR) is 131 cm³/mol. The third-order valence-electron chi connectivity index (χ3n) is 6.09. The SMILES string of the molecule is CC(=O)SCC(C(=O)NC(Cc1c[nH]c2ncccc12)C(=O)O)C1CCc2cc(Br)ccc21. The minimum atomic E-state index is -1.10. The fourth-order valence-corrected chi connectivity index (χ4v) is 5.71. The number of hydrogen-bond acceptors (Lipinski definition) is 5. The van der Waals surface area contributed by atoms with Crippen molar-refractivity contribution >= 4 is 55.7 Å². The van der Waals surface area contributed by atoms with E-state index in [9.17, 15) is 19.5 Å². The number of carbonyl (C=O) groups excluding carboxylic acids is 2. The summed E-state index contributed by atoms with van der Waals surface area (Å²) in [5, 5.41) is 13.4. The molecule has 0 aliphatic heterocycles. The highest BCUT2D eigenvalue weighted by Crippen LogP contribution is 2.41. The van der Waals surface area contributed by atoms with Crippen molar-refractivity contribution in [1.82, 2.24) is 15.3 Å². The number of aromatic nitrogens is 2. The lowest BCUT2D eigenvalue weighted by molar-refractivity contribution is -0.142. The molecule has 3 N–H and O–H groups in total. The molecule has 0 bridgehead atoms. The van der Waals surface area contributed by atoms with Crippen LogP contribution in [-0.4, -0.2) is 43.9 Å². The summed E-state index contributed by atoms with van der Waals surface area (Å²) in [7, 11) is 0. The maximum Gasteiger partial charge on any atom is 0.326 e. The van der Waals surface area contributed by atoms with E-state index in [2.05, 4.69) is 37.3 Å². The number of benzene rings is 1. The summed E-state index contributed by atoms with van der Waals surface area (Å²) in [6.45, 7) is 1.48. The molecule has 0 radical (unpaired) electrons. The Bertz CT molecular complexity index is 1210. The lowest BCUT2D eigenvalue weighted by Crippen LogP contribution is -2.46. The number of hydrogen-bond donors (Lipinski definition) is 3. The van der Waals surface area contributed by atoms with E-state index in [-0.39, 0.29) is 23.4 Å². The maximum atomic E-state index is 13.4. The summed E-state index contributed by atoms with van der Waals surface area (Å²) in [6, 6.07) is 8.60. The highest BCUT2D eigenvalue weighted by atomic mass is 79.9. The van der Waals surface area contributed by atoms with Crippen LogP contribution in [0, 0.1) is 5.92 Å². The molecular formula is C24H24BrN3O4S. The van der Waals surface area contributed by atoms with Crippen LogP contribution < -0.4 is 5.32 Å². The molecule has 3 unspecified atom stereocenters. The Labute approximate surface area is 203 Å². The van der Waals surface area contributed by atoms with Gasteiger partial charge >= 0.3 is 5.97 Å². The van der Waals surface area contributed by atoms with Gasteiger partial charge in [-0.15, -0.1) is 0 Å². The average Bonchev–Trinajstić information content (AvgIpc) is 3.37. The highest BCUT2D eigenvalue weighted by molar-refractivity contribution is 9.10. The van der Waals surface area contributed by atoms with Gasteiger partial charge < -0.3 is 15.4 Å². The minimum absolute atomic E-state index is 0.0633. The fraction of sp³-hybridized carbons (Fsp3) is 0.333. The molecule has 33 heavy (non-hydrogen) atoms. The summed E-state index contributed by atoms with van der Waals surface area (Å²) in [4.78, 5) is 44.4. The lowest BCUT2D eigenvalue weighted by atomic mass is 9.87. The van der Waals surface area contributed by atoms with Gasteiger partial charge in [-0.2, -0.15) is 0 Å². The summed E-state index contributed by atoms with van der Waals surface area (Å²) < 4.78 is 0.986. The molecule has 0 saturated carbocycles. The number of carboxylic acid groups (broad SMARTS) is 1. The Kier molecular flexibility index (Phi) is 7.19. The van der Waals surface area contributed by atoms with Crippen LogP contribution in [0.1, 0.15) is 36.0 Å². The van der Waals surface area contributed by atoms with Crippen molar-refractivity contribution < 1.29 is 19.5 Å². The summed E-state index contributed by atoms with van der Waals surface area (Å²) in [5.41, 5.74) is 3.72. The second-order valence-electron chi connectivity index (χ2n) is 8.21. The second kappa shape index (κ2) is 10.1. The predicted octanol–water partition coefficient (Wildman–Crippen LogP) is 4.06. The number of pyridine rings is 1. The van der Waals surface area contributed by atoms with Crippen LogP contribution in [0.4, 0.5) is 0 Å². The molecule has 0 spiro atoms. The van der Waals surface area contributed by atoms with E-state index in [0.29, 0.717) is 11.4 Å². The van der Waals surface area contributed by atoms with E-state index >= 15 is 0 Å². The first-order valence-corrected chi connectivity index (χ1v) is 12.5. The van der Waals surface area contributed by atoms with E-state index in [1.54, 1.807) is 18.5 Å². The van der Waals surface area contributed by atoms with Crippen molar-refractivity contribution in [2.75, 3.05) is 5.75 Å². The number of rotatable bonds is 8. The molecule has 7 nitrogen and oxygen atoms in total. The van der Waals surface area contributed by atoms with Gasteiger partial charge in [-0.1, -0.05) is 33.8 Å². The van der Waals surface area contributed by atoms with Crippen LogP contribution in [0.2, 0.25) is 0 Å². The number of H-pyrrole nitrogens is 1. The van der Waals surface area contributed by atoms with E-state index in [1.165, 1.54) is 12.5 Å². The zero-order valence-electron chi connectivity index (χ0n) is 18.0. The standard InChI is InChI=1S/C24H24BrN3O4S/c1-13(29)33-12-20(19-6-4-14-9-16(25)5-7-17(14)19)23(30)28-21(24(31)32)10-15-11-27-22-18(15)3-2-8-26-22/h2-3,5,7-9,11,19-21H,4,6,10,12H2,1H3,(H,26,27)(H,28,30)(H,31,32). The number of aromatic amines is 1. The van der Waals surface area contributed by atoms with Gasteiger partial charge in [0.1, 0.15) is 11.7 Å². The minimum Gasteiger partial charge on any atom is -0.480 e. The number of aliphatic carboxylic acids is 1. The van der Waals surface area contributed by atoms with E-state index in [0.717, 1.165) is 45.6 Å². The van der Waals surface area contributed by atoms with Crippen molar-refractivity contribution in [2.45, 2.75) is 38.1 Å². The molecule has 0 saturated heterocycles. The Balaban J connectivity index is 1.56. The molecule has 0 fully saturated rings. The van der Waals surface area contributed by atoms with Gasteiger partial charge in [-0.25, -0.2) is 9.78 Å². The van der Waals surface area contributed by atoms with Gasteiger partial charge in [0.15, 0.2) is 5.12 Å². The number of nitrogens with one attached hydrogen (secondary N) is 2. The summed E-state index contributed by atoms with van der Waals surface area (Å²) >= 11 is 4.60. The molecular weight excluding hydrogens is 506 g/mol. The van der Waals surface area contributed by atoms with Crippen LogP contribution in [0.25, 0.3) is 11.0 Å². The summed E-state index contributed by atoms with van der Waals surface area (Å²) in [5.74, 6) is -1.70. The van der Waals surface area contributed by atoms with E-state index in [4.69, 9.17) is 0 Å². The Morgan fingerprint density at radius 2 is 2.15 bits per heavy atom. The number of carboxylic acids is 1. The van der Waals surface area contributed by atoms with Crippen LogP contribution in [-0.2, 0) is 27.2 Å². The zero-order valence-corrected chi connectivity index (χ0v) is 20.4. The monoisotopic (exact) mass is 529 g/mol. The number of aryl methyl sites for hydroxylation is 1. The van der Waals surface area contributed by atoms with E-state index < -0.39 is 17.9 Å². The fourth-order valence-electron chi connectivity index (χ4n) is 4.50. The number of thioether (sulfide) groups is 1. The smallest absolute Gasteiger partial charge is 0.326 e. The van der Waals surface area contributed by atoms with Gasteiger partial charge in [-0.3, -0.25) is 9.59 Å². The molecule has 2 aromatic heterocycles.